The maximum absolute atomic E-state index is 11.9. The fourth-order valence-electron chi connectivity index (χ4n) is 0.778. The summed E-state index contributed by atoms with van der Waals surface area (Å²) in [6.45, 7) is 0.206. The van der Waals surface area contributed by atoms with Crippen LogP contribution in [0.5, 0.6) is 0 Å². The molecule has 1 aromatic heterocycles. The zero-order valence-corrected chi connectivity index (χ0v) is 6.43. The predicted molar refractivity (Wildman–Crippen MR) is 38.9 cm³/mol. The normalized spacial score (nSPS) is 10.4. The first kappa shape index (κ1) is 8.20. The molecule has 0 aromatic carbocycles. The van der Waals surface area contributed by atoms with Crippen LogP contribution in [0.4, 0.5) is 4.39 Å². The predicted octanol–water partition coefficient (Wildman–Crippen LogP) is 0.906. The molecule has 0 fully saturated rings. The quantitative estimate of drug-likeness (QED) is 0.707. The van der Waals surface area contributed by atoms with Crippen LogP contribution >= 0.6 is 0 Å². The summed E-state index contributed by atoms with van der Waals surface area (Å²) >= 11 is 0. The maximum Gasteiger partial charge on any atom is 0.225 e. The Bertz CT molecular complexity index is 212. The summed E-state index contributed by atoms with van der Waals surface area (Å²) in [5.41, 5.74) is 0.798. The molecule has 0 amide bonds. The summed E-state index contributed by atoms with van der Waals surface area (Å²) in [6.07, 6.45) is 2.27. The Morgan fingerprint density at radius 3 is 3.09 bits per heavy atom. The van der Waals surface area contributed by atoms with E-state index in [0.29, 0.717) is 0 Å². The third-order valence-corrected chi connectivity index (χ3v) is 1.34. The van der Waals surface area contributed by atoms with E-state index in [-0.39, 0.29) is 5.89 Å². The van der Waals surface area contributed by atoms with Crippen LogP contribution in [-0.4, -0.2) is 18.6 Å². The molecule has 1 aromatic rings. The highest BCUT2D eigenvalue weighted by Gasteiger charge is 2.01. The molecule has 3 nitrogen and oxygen atoms in total. The number of nitrogens with one attached hydrogen (secondary N) is 1. The first-order chi connectivity index (χ1) is 5.36. The lowest BCUT2D eigenvalue weighted by molar-refractivity contribution is 0.380. The molecule has 0 spiro atoms. The van der Waals surface area contributed by atoms with Gasteiger partial charge in [0.1, 0.15) is 6.26 Å². The lowest BCUT2D eigenvalue weighted by Crippen LogP contribution is -2.10. The summed E-state index contributed by atoms with van der Waals surface area (Å²) in [5.74, 6) is 0.163. The second-order valence-corrected chi connectivity index (χ2v) is 2.22. The number of aromatic nitrogens is 1. The highest BCUT2D eigenvalue weighted by Crippen LogP contribution is 2.03. The second kappa shape index (κ2) is 4.08. The third-order valence-electron chi connectivity index (χ3n) is 1.34. The molecule has 11 heavy (non-hydrogen) atoms. The topological polar surface area (TPSA) is 38.1 Å². The number of hydrogen-bond donors (Lipinski definition) is 1. The lowest BCUT2D eigenvalue weighted by atomic mass is 10.3. The van der Waals surface area contributed by atoms with Gasteiger partial charge in [-0.3, -0.25) is 0 Å². The first-order valence-corrected chi connectivity index (χ1v) is 3.50. The summed E-state index contributed by atoms with van der Waals surface area (Å²) in [4.78, 5) is 3.88. The Hall–Kier alpha value is -0.900. The van der Waals surface area contributed by atoms with Crippen molar-refractivity contribution in [1.82, 2.24) is 10.3 Å². The number of likely N-dealkylation sites (N-methyl/N-ethyl adjacent to an activating group) is 1. The van der Waals surface area contributed by atoms with Crippen LogP contribution in [0.15, 0.2) is 10.7 Å². The van der Waals surface area contributed by atoms with E-state index in [2.05, 4.69) is 10.3 Å². The minimum atomic E-state index is -0.625. The number of oxazole rings is 1. The fourth-order valence-corrected chi connectivity index (χ4v) is 0.778. The van der Waals surface area contributed by atoms with Gasteiger partial charge in [0.2, 0.25) is 5.89 Å². The molecule has 0 unspecified atom stereocenters. The van der Waals surface area contributed by atoms with Crippen LogP contribution in [-0.2, 0) is 13.1 Å². The van der Waals surface area contributed by atoms with E-state index < -0.39 is 6.67 Å². The van der Waals surface area contributed by atoms with Crippen LogP contribution < -0.4 is 5.32 Å². The molecule has 0 radical (unpaired) electrons. The molecule has 1 rings (SSSR count). The number of nitrogens with zero attached hydrogens (tertiary/aromatic N) is 1. The van der Waals surface area contributed by atoms with Crippen LogP contribution in [0.2, 0.25) is 0 Å². The van der Waals surface area contributed by atoms with Crippen molar-refractivity contribution in [3.8, 4) is 0 Å². The van der Waals surface area contributed by atoms with Crippen LogP contribution in [0.3, 0.4) is 0 Å². The largest absolute Gasteiger partial charge is 0.446 e. The summed E-state index contributed by atoms with van der Waals surface area (Å²) in [7, 11) is 1.86. The molecule has 0 aliphatic heterocycles. The van der Waals surface area contributed by atoms with E-state index in [1.807, 2.05) is 7.05 Å². The van der Waals surface area contributed by atoms with Crippen LogP contribution in [0, 0.1) is 0 Å². The zero-order valence-electron chi connectivity index (χ0n) is 6.43. The Morgan fingerprint density at radius 1 is 1.73 bits per heavy atom. The van der Waals surface area contributed by atoms with Gasteiger partial charge < -0.3 is 9.73 Å². The molecule has 4 heteroatoms. The second-order valence-electron chi connectivity index (χ2n) is 2.22. The van der Waals surface area contributed by atoms with Gasteiger partial charge in [-0.05, 0) is 7.05 Å². The molecular weight excluding hydrogens is 147 g/mol. The highest BCUT2D eigenvalue weighted by molar-refractivity contribution is 4.96. The fraction of sp³-hybridized carbons (Fsp3) is 0.571. The van der Waals surface area contributed by atoms with Gasteiger partial charge in [-0.15, -0.1) is 0 Å². The Morgan fingerprint density at radius 2 is 2.55 bits per heavy atom. The number of halogens is 1. The average molecular weight is 158 g/mol. The van der Waals surface area contributed by atoms with Crippen molar-refractivity contribution >= 4 is 0 Å². The van der Waals surface area contributed by atoms with Crippen LogP contribution in [0.25, 0.3) is 0 Å². The third kappa shape index (κ3) is 2.31. The molecule has 0 aliphatic rings. The molecule has 62 valence electrons. The van der Waals surface area contributed by atoms with Crippen molar-refractivity contribution in [2.45, 2.75) is 13.1 Å². The standard InChI is InChI=1S/C7H11FN2O/c1-9-3-2-6-5-11-7(4-8)10-6/h5,9H,2-4H2,1H3. The van der Waals surface area contributed by atoms with Gasteiger partial charge in [-0.2, -0.15) is 0 Å². The minimum absolute atomic E-state index is 0.163. The van der Waals surface area contributed by atoms with Crippen molar-refractivity contribution in [3.05, 3.63) is 17.8 Å². The summed E-state index contributed by atoms with van der Waals surface area (Å²) < 4.78 is 16.7. The SMILES string of the molecule is CNCCc1coc(CF)n1. The Balaban J connectivity index is 2.44. The van der Waals surface area contributed by atoms with Gasteiger partial charge in [0, 0.05) is 13.0 Å². The lowest BCUT2D eigenvalue weighted by Gasteiger charge is -1.91. The number of hydrogen-bond acceptors (Lipinski definition) is 3. The highest BCUT2D eigenvalue weighted by atomic mass is 19.1. The van der Waals surface area contributed by atoms with E-state index in [0.717, 1.165) is 18.7 Å². The van der Waals surface area contributed by atoms with Crippen molar-refractivity contribution in [3.63, 3.8) is 0 Å². The maximum atomic E-state index is 11.9. The summed E-state index contributed by atoms with van der Waals surface area (Å²) in [5, 5.41) is 2.97. The van der Waals surface area contributed by atoms with Gasteiger partial charge in [0.15, 0.2) is 6.67 Å². The average Bonchev–Trinajstić information content (AvgIpc) is 2.48. The van der Waals surface area contributed by atoms with Crippen molar-refractivity contribution in [2.24, 2.45) is 0 Å². The van der Waals surface area contributed by atoms with Gasteiger partial charge >= 0.3 is 0 Å². The summed E-state index contributed by atoms with van der Waals surface area (Å²) in [6, 6.07) is 0. The first-order valence-electron chi connectivity index (χ1n) is 3.50. The van der Waals surface area contributed by atoms with Crippen LogP contribution in [0.1, 0.15) is 11.6 Å². The van der Waals surface area contributed by atoms with E-state index in [9.17, 15) is 4.39 Å². The van der Waals surface area contributed by atoms with E-state index >= 15 is 0 Å². The van der Waals surface area contributed by atoms with Crippen molar-refractivity contribution in [1.29, 1.82) is 0 Å². The molecule has 1 heterocycles. The van der Waals surface area contributed by atoms with E-state index in [4.69, 9.17) is 4.42 Å². The van der Waals surface area contributed by atoms with Gasteiger partial charge in [0.25, 0.3) is 0 Å². The zero-order chi connectivity index (χ0) is 8.10. The number of rotatable bonds is 4. The number of alkyl halides is 1. The van der Waals surface area contributed by atoms with E-state index in [1.165, 1.54) is 6.26 Å². The molecule has 0 atom stereocenters. The Kier molecular flexibility index (Phi) is 3.04. The molecule has 0 saturated carbocycles. The smallest absolute Gasteiger partial charge is 0.225 e. The minimum Gasteiger partial charge on any atom is -0.446 e. The van der Waals surface area contributed by atoms with E-state index in [1.54, 1.807) is 0 Å². The Labute approximate surface area is 64.6 Å². The monoisotopic (exact) mass is 158 g/mol. The van der Waals surface area contributed by atoms with Gasteiger partial charge in [-0.25, -0.2) is 9.37 Å². The molecule has 0 aliphatic carbocycles. The van der Waals surface area contributed by atoms with Crippen molar-refractivity contribution < 1.29 is 8.81 Å². The molecule has 1 N–H and O–H groups in total. The van der Waals surface area contributed by atoms with Gasteiger partial charge in [0.05, 0.1) is 5.69 Å². The molecule has 0 saturated heterocycles. The van der Waals surface area contributed by atoms with Gasteiger partial charge in [-0.1, -0.05) is 0 Å². The molecular formula is C7H11FN2O. The molecule has 0 bridgehead atoms. The van der Waals surface area contributed by atoms with Crippen molar-refractivity contribution in [2.75, 3.05) is 13.6 Å².